The minimum Gasteiger partial charge on any atom is -0.495 e. The maximum atomic E-state index is 6.91. The van der Waals surface area contributed by atoms with Crippen LogP contribution < -0.4 is 28.7 Å². The lowest BCUT2D eigenvalue weighted by molar-refractivity contribution is 0.137. The van der Waals surface area contributed by atoms with Gasteiger partial charge in [0.1, 0.15) is 23.0 Å². The molecule has 0 aromatic heterocycles. The van der Waals surface area contributed by atoms with Gasteiger partial charge in [-0.15, -0.1) is 0 Å². The van der Waals surface area contributed by atoms with E-state index >= 15 is 0 Å². The molecule has 0 radical (unpaired) electrons. The molecule has 2 fully saturated rings. The minimum absolute atomic E-state index is 0.371. The highest BCUT2D eigenvalue weighted by Crippen LogP contribution is 2.69. The summed E-state index contributed by atoms with van der Waals surface area (Å²) in [6, 6.07) is 87.6. The van der Waals surface area contributed by atoms with Gasteiger partial charge >= 0.3 is 0 Å². The van der Waals surface area contributed by atoms with Crippen LogP contribution in [0.25, 0.3) is 143 Å². The third-order valence-electron chi connectivity index (χ3n) is 24.3. The average Bonchev–Trinajstić information content (AvgIpc) is 1.57. The molecule has 0 amide bonds. The first-order valence-electron chi connectivity index (χ1n) is 35.8. The molecule has 0 unspecified atom stereocenters. The van der Waals surface area contributed by atoms with Gasteiger partial charge in [-0.1, -0.05) is 221 Å². The van der Waals surface area contributed by atoms with Gasteiger partial charge in [0.15, 0.2) is 0 Å². The summed E-state index contributed by atoms with van der Waals surface area (Å²) in [4.78, 5) is 5.20. The first kappa shape index (κ1) is 57.0. The highest BCUT2D eigenvalue weighted by Gasteiger charge is 2.54. The van der Waals surface area contributed by atoms with Crippen LogP contribution in [0, 0.1) is 11.8 Å². The van der Waals surface area contributed by atoms with Crippen LogP contribution in [0.5, 0.6) is 23.0 Å². The zero-order valence-electron chi connectivity index (χ0n) is 56.2. The van der Waals surface area contributed by atoms with E-state index in [4.69, 9.17) is 18.9 Å². The van der Waals surface area contributed by atoms with Gasteiger partial charge in [0.25, 0.3) is 0 Å². The van der Waals surface area contributed by atoms with Crippen molar-refractivity contribution in [3.05, 3.63) is 242 Å². The van der Waals surface area contributed by atoms with Crippen molar-refractivity contribution in [1.82, 2.24) is 0 Å². The second-order valence-corrected chi connectivity index (χ2v) is 28.7. The molecule has 0 heterocycles. The Morgan fingerprint density at radius 1 is 0.263 bits per heavy atom. The number of benzene rings is 14. The standard InChI is InChI=1S/C93H72N2O4/c1-96-77-47-53-23-19-39-67-61-31-11-15-35-71(61)85(81(53)67)89(77)94(90-78(97-2)48-54-24-20-40-68-62-32-12-16-36-72(62)86(90)82(54)68)59-43-45-65-66-46-44-60(52-76(66)93(75(65)51-59,57-27-7-5-8-28-57)58-29-9-6-10-30-58)95(91-79(98-3)49-55-25-21-41-69-63-33-13-17-37-73(63)87(91)83(55)69)92-80(99-4)50-56-26-22-42-70-64-34-14-18-38-74(64)88(92)84(56)70/h11-26,31-52,57-58H,5-10,27-30H2,1-4H3. The lowest BCUT2D eigenvalue weighted by Crippen LogP contribution is -2.44. The Hall–Kier alpha value is -11.1. The highest BCUT2D eigenvalue weighted by atomic mass is 16.5. The molecular formula is C93H72N2O4. The van der Waals surface area contributed by atoms with Crippen LogP contribution >= 0.6 is 0 Å². The number of ether oxygens (including phenoxy) is 4. The Morgan fingerprint density at radius 3 is 0.798 bits per heavy atom. The second-order valence-electron chi connectivity index (χ2n) is 28.7. The first-order valence-corrected chi connectivity index (χ1v) is 35.8. The summed E-state index contributed by atoms with van der Waals surface area (Å²) in [5.74, 6) is 3.98. The maximum absolute atomic E-state index is 6.91. The van der Waals surface area contributed by atoms with E-state index in [0.717, 1.165) is 104 Å². The van der Waals surface area contributed by atoms with Gasteiger partial charge in [0.2, 0.25) is 0 Å². The summed E-state index contributed by atoms with van der Waals surface area (Å²) in [7, 11) is 7.44. The predicted octanol–water partition coefficient (Wildman–Crippen LogP) is 25.3. The molecule has 0 saturated heterocycles. The molecule has 7 aliphatic carbocycles. The summed E-state index contributed by atoms with van der Waals surface area (Å²) < 4.78 is 27.6. The Balaban J connectivity index is 0.879. The van der Waals surface area contributed by atoms with Crippen LogP contribution in [-0.2, 0) is 5.41 Å². The zero-order chi connectivity index (χ0) is 65.5. The maximum Gasteiger partial charge on any atom is 0.144 e. The molecule has 14 aromatic rings. The van der Waals surface area contributed by atoms with Crippen LogP contribution in [0.15, 0.2) is 231 Å². The molecule has 0 aliphatic heterocycles. The Kier molecular flexibility index (Phi) is 12.4. The van der Waals surface area contributed by atoms with E-state index in [1.165, 1.54) is 171 Å². The van der Waals surface area contributed by atoms with E-state index < -0.39 is 0 Å². The summed E-state index contributed by atoms with van der Waals surface area (Å²) in [5.41, 5.74) is 30.8. The fourth-order valence-corrected chi connectivity index (χ4v) is 20.6. The third-order valence-corrected chi connectivity index (χ3v) is 24.3. The Labute approximate surface area is 577 Å². The zero-order valence-corrected chi connectivity index (χ0v) is 56.2. The number of methoxy groups -OCH3 is 4. The number of fused-ring (bicyclic) bond motifs is 15. The molecule has 0 bridgehead atoms. The van der Waals surface area contributed by atoms with E-state index in [-0.39, 0.29) is 5.41 Å². The molecule has 2 saturated carbocycles. The Morgan fingerprint density at radius 2 is 0.525 bits per heavy atom. The van der Waals surface area contributed by atoms with Crippen molar-refractivity contribution in [3.8, 4) is 123 Å². The van der Waals surface area contributed by atoms with Crippen molar-refractivity contribution in [2.24, 2.45) is 11.8 Å². The molecule has 7 aliphatic rings. The van der Waals surface area contributed by atoms with Gasteiger partial charge in [0.05, 0.1) is 51.2 Å². The average molecular weight is 1280 g/mol. The monoisotopic (exact) mass is 1280 g/mol. The largest absolute Gasteiger partial charge is 0.495 e. The SMILES string of the molecule is COc1cc2cccc3c2c(c1N(c1ccc2c(c1)C(C1CCCCC1)(C1CCCCC1)c1cc(N(c4c(OC)cc5cccc6c5c4-c4ccccc4-6)c4c(OC)cc5cccc6c5c4-c4ccccc4-6)ccc1-2)c1c(OC)cc2cccc4c2c1-c1ccccc1-4)-c1ccccc1-3. The summed E-state index contributed by atoms with van der Waals surface area (Å²) in [6.45, 7) is 0. The van der Waals surface area contributed by atoms with Gasteiger partial charge in [-0.3, -0.25) is 0 Å². The molecule has 14 aromatic carbocycles. The Bertz CT molecular complexity index is 5220. The second kappa shape index (κ2) is 21.5. The summed E-state index contributed by atoms with van der Waals surface area (Å²) in [6.07, 6.45) is 12.0. The topological polar surface area (TPSA) is 43.4 Å². The van der Waals surface area contributed by atoms with Crippen molar-refractivity contribution >= 4 is 77.2 Å². The molecule has 6 heteroatoms. The van der Waals surface area contributed by atoms with Crippen molar-refractivity contribution in [3.63, 3.8) is 0 Å². The van der Waals surface area contributed by atoms with Gasteiger partial charge < -0.3 is 28.7 Å². The number of nitrogens with zero attached hydrogens (tertiary/aromatic N) is 2. The lowest BCUT2D eigenvalue weighted by atomic mass is 9.54. The fraction of sp³-hybridized carbons (Fsp3) is 0.183. The van der Waals surface area contributed by atoms with Gasteiger partial charge in [-0.25, -0.2) is 0 Å². The van der Waals surface area contributed by atoms with Crippen molar-refractivity contribution in [2.45, 2.75) is 69.6 Å². The molecular weight excluding hydrogens is 1210 g/mol. The van der Waals surface area contributed by atoms with E-state index in [9.17, 15) is 0 Å². The van der Waals surface area contributed by atoms with Crippen molar-refractivity contribution in [2.75, 3.05) is 38.2 Å². The first-order chi connectivity index (χ1) is 49.0. The molecule has 0 spiro atoms. The quantitative estimate of drug-likeness (QED) is 0.121. The number of hydrogen-bond donors (Lipinski definition) is 0. The molecule has 6 nitrogen and oxygen atoms in total. The minimum atomic E-state index is -0.378. The van der Waals surface area contributed by atoms with Crippen LogP contribution in [0.3, 0.4) is 0 Å². The molecule has 99 heavy (non-hydrogen) atoms. The predicted molar refractivity (Wildman–Crippen MR) is 409 cm³/mol. The van der Waals surface area contributed by atoms with Crippen LogP contribution in [0.2, 0.25) is 0 Å². The summed E-state index contributed by atoms with van der Waals surface area (Å²) in [5, 5.41) is 9.58. The van der Waals surface area contributed by atoms with Crippen LogP contribution in [0.1, 0.15) is 75.3 Å². The normalized spacial score (nSPS) is 15.3. The molecule has 21 rings (SSSR count). The molecule has 478 valence electrons. The third kappa shape index (κ3) is 7.61. The van der Waals surface area contributed by atoms with Crippen LogP contribution in [-0.4, -0.2) is 28.4 Å². The number of hydrogen-bond acceptors (Lipinski definition) is 6. The van der Waals surface area contributed by atoms with E-state index in [2.05, 4.69) is 240 Å². The van der Waals surface area contributed by atoms with Crippen molar-refractivity contribution < 1.29 is 18.9 Å². The van der Waals surface area contributed by atoms with Crippen molar-refractivity contribution in [1.29, 1.82) is 0 Å². The van der Waals surface area contributed by atoms with E-state index in [1.54, 1.807) is 0 Å². The molecule has 0 N–H and O–H groups in total. The van der Waals surface area contributed by atoms with Gasteiger partial charge in [-0.05, 0) is 218 Å². The van der Waals surface area contributed by atoms with Crippen LogP contribution in [0.4, 0.5) is 34.1 Å². The van der Waals surface area contributed by atoms with E-state index in [0.29, 0.717) is 11.8 Å². The van der Waals surface area contributed by atoms with Gasteiger partial charge in [-0.2, -0.15) is 0 Å². The smallest absolute Gasteiger partial charge is 0.144 e. The lowest BCUT2D eigenvalue weighted by Gasteiger charge is -2.49. The van der Waals surface area contributed by atoms with Gasteiger partial charge in [0, 0.05) is 39.0 Å². The summed E-state index contributed by atoms with van der Waals surface area (Å²) >= 11 is 0. The number of anilines is 6. The van der Waals surface area contributed by atoms with E-state index in [1.807, 2.05) is 28.4 Å². The molecule has 0 atom stereocenters. The fourth-order valence-electron chi connectivity index (χ4n) is 20.6. The number of rotatable bonds is 12. The highest BCUT2D eigenvalue weighted by molar-refractivity contribution is 6.27.